The Balaban J connectivity index is 1.95. The zero-order valence-corrected chi connectivity index (χ0v) is 12.3. The van der Waals surface area contributed by atoms with Crippen LogP contribution >= 0.6 is 0 Å². The fourth-order valence-electron chi connectivity index (χ4n) is 2.42. The molecule has 5 nitrogen and oxygen atoms in total. The van der Waals surface area contributed by atoms with Crippen molar-refractivity contribution in [3.8, 4) is 28.5 Å². The van der Waals surface area contributed by atoms with Crippen LogP contribution in [0, 0.1) is 0 Å². The fraction of sp³-hybridized carbons (Fsp3) is 0.385. The van der Waals surface area contributed by atoms with Crippen molar-refractivity contribution < 1.29 is 14.2 Å². The molecule has 2 aromatic rings. The first-order valence-corrected chi connectivity index (χ1v) is 7.73. The van der Waals surface area contributed by atoms with Crippen LogP contribution in [0.25, 0.3) is 11.3 Å². The average molecular weight is 323 g/mol. The van der Waals surface area contributed by atoms with E-state index in [1.54, 1.807) is 0 Å². The van der Waals surface area contributed by atoms with Crippen LogP contribution in [-0.2, 0) is 5.60 Å². The molecule has 1 aromatic heterocycles. The van der Waals surface area contributed by atoms with Gasteiger partial charge < -0.3 is 0 Å². The Morgan fingerprint density at radius 2 is 1.84 bits per heavy atom. The maximum atomic E-state index is 6.10. The molecule has 0 saturated heterocycles. The second kappa shape index (κ2) is 3.74. The summed E-state index contributed by atoms with van der Waals surface area (Å²) in [5.74, 6) is 2.30. The van der Waals surface area contributed by atoms with Gasteiger partial charge in [0, 0.05) is 0 Å². The van der Waals surface area contributed by atoms with E-state index in [4.69, 9.17) is 14.2 Å². The summed E-state index contributed by atoms with van der Waals surface area (Å²) in [7, 11) is 0. The summed E-state index contributed by atoms with van der Waals surface area (Å²) in [4.78, 5) is 0. The summed E-state index contributed by atoms with van der Waals surface area (Å²) in [5.41, 5.74) is 1.56. The second-order valence-electron chi connectivity index (χ2n) is 5.06. The van der Waals surface area contributed by atoms with Crippen LogP contribution in [-0.4, -0.2) is 37.1 Å². The van der Waals surface area contributed by atoms with Crippen LogP contribution in [0.1, 0.15) is 18.3 Å². The van der Waals surface area contributed by atoms with Gasteiger partial charge in [0.25, 0.3) is 0 Å². The molecule has 6 heteroatoms. The fourth-order valence-corrected chi connectivity index (χ4v) is 3.90. The van der Waals surface area contributed by atoms with Gasteiger partial charge in [0.05, 0.1) is 0 Å². The third kappa shape index (κ3) is 1.60. The van der Waals surface area contributed by atoms with E-state index in [0.717, 1.165) is 28.5 Å². The van der Waals surface area contributed by atoms with Gasteiger partial charge in [-0.05, 0) is 0 Å². The molecule has 19 heavy (non-hydrogen) atoms. The Labute approximate surface area is 116 Å². The first-order chi connectivity index (χ1) is 9.15. The van der Waals surface area contributed by atoms with E-state index >= 15 is 0 Å². The maximum absolute atomic E-state index is 6.10. The van der Waals surface area contributed by atoms with Crippen LogP contribution in [0.2, 0.25) is 0 Å². The number of aromatic nitrogens is 2. The Kier molecular flexibility index (Phi) is 2.23. The van der Waals surface area contributed by atoms with Gasteiger partial charge in [-0.2, -0.15) is 0 Å². The number of hydrogen-bond acceptors (Lipinski definition) is 5. The predicted octanol–water partition coefficient (Wildman–Crippen LogP) is 1.60. The van der Waals surface area contributed by atoms with Crippen molar-refractivity contribution in [1.29, 1.82) is 0 Å². The van der Waals surface area contributed by atoms with Gasteiger partial charge in [0.2, 0.25) is 0 Å². The van der Waals surface area contributed by atoms with E-state index in [1.165, 1.54) is 4.44 Å². The zero-order valence-electron chi connectivity index (χ0n) is 10.6. The summed E-state index contributed by atoms with van der Waals surface area (Å²) in [6, 6.07) is 3.85. The standard InChI is InChI=1S/C13H12N2O3Se/c1-13(2)12-11(14-15-19-12)7-5-9-10(6-8(7)18-13)17-4-3-16-9/h5-6H,3-4H2,1-2H3. The van der Waals surface area contributed by atoms with Crippen molar-refractivity contribution in [2.75, 3.05) is 13.2 Å². The molecular weight excluding hydrogens is 311 g/mol. The van der Waals surface area contributed by atoms with Crippen LogP contribution in [0.3, 0.4) is 0 Å². The Morgan fingerprint density at radius 1 is 1.11 bits per heavy atom. The Bertz CT molecular complexity index is 666. The first kappa shape index (κ1) is 11.3. The molecule has 0 saturated carbocycles. The van der Waals surface area contributed by atoms with Gasteiger partial charge >= 0.3 is 116 Å². The minimum atomic E-state index is -0.352. The quantitative estimate of drug-likeness (QED) is 0.689. The second-order valence-corrected chi connectivity index (χ2v) is 6.64. The van der Waals surface area contributed by atoms with Gasteiger partial charge in [0.15, 0.2) is 0 Å². The number of fused-ring (bicyclic) bond motifs is 4. The van der Waals surface area contributed by atoms with E-state index in [2.05, 4.69) is 23.0 Å². The summed E-state index contributed by atoms with van der Waals surface area (Å²) in [5, 5.41) is 4.30. The van der Waals surface area contributed by atoms with Crippen LogP contribution in [0.5, 0.6) is 17.2 Å². The molecule has 4 rings (SSSR count). The topological polar surface area (TPSA) is 53.5 Å². The van der Waals surface area contributed by atoms with Crippen molar-refractivity contribution in [2.24, 2.45) is 0 Å². The van der Waals surface area contributed by atoms with E-state index in [1.807, 2.05) is 12.1 Å². The Morgan fingerprint density at radius 3 is 2.63 bits per heavy atom. The SMILES string of the molecule is CC1(C)Oc2cc3c(cc2-c2nn[se]c21)OCCO3. The van der Waals surface area contributed by atoms with Gasteiger partial charge in [0.1, 0.15) is 0 Å². The molecule has 1 aromatic carbocycles. The molecule has 0 spiro atoms. The third-order valence-electron chi connectivity index (χ3n) is 3.30. The van der Waals surface area contributed by atoms with Crippen molar-refractivity contribution in [3.05, 3.63) is 16.6 Å². The molecule has 0 radical (unpaired) electrons. The molecule has 0 amide bonds. The molecule has 0 aliphatic carbocycles. The van der Waals surface area contributed by atoms with Gasteiger partial charge in [-0.25, -0.2) is 0 Å². The molecule has 2 aliphatic heterocycles. The van der Waals surface area contributed by atoms with Crippen LogP contribution in [0.15, 0.2) is 12.1 Å². The van der Waals surface area contributed by atoms with E-state index in [-0.39, 0.29) is 20.3 Å². The monoisotopic (exact) mass is 324 g/mol. The predicted molar refractivity (Wildman–Crippen MR) is 69.1 cm³/mol. The third-order valence-corrected chi connectivity index (χ3v) is 5.46. The summed E-state index contributed by atoms with van der Waals surface area (Å²) in [6.45, 7) is 5.27. The number of ether oxygens (including phenoxy) is 3. The molecule has 0 atom stereocenters. The number of rotatable bonds is 0. The number of hydrogen-bond donors (Lipinski definition) is 0. The van der Waals surface area contributed by atoms with Crippen molar-refractivity contribution >= 4 is 14.7 Å². The summed E-state index contributed by atoms with van der Waals surface area (Å²) < 4.78 is 22.7. The van der Waals surface area contributed by atoms with Gasteiger partial charge in [-0.15, -0.1) is 0 Å². The van der Waals surface area contributed by atoms with Crippen LogP contribution in [0.4, 0.5) is 0 Å². The zero-order chi connectivity index (χ0) is 13.0. The first-order valence-electron chi connectivity index (χ1n) is 6.11. The molecule has 0 bridgehead atoms. The summed E-state index contributed by atoms with van der Waals surface area (Å²) in [6.07, 6.45) is 0. The average Bonchev–Trinajstić information content (AvgIpc) is 2.87. The molecule has 3 heterocycles. The number of nitrogens with zero attached hydrogens (tertiary/aromatic N) is 2. The van der Waals surface area contributed by atoms with E-state index in [0.29, 0.717) is 13.2 Å². The van der Waals surface area contributed by atoms with Crippen molar-refractivity contribution in [3.63, 3.8) is 0 Å². The molecule has 0 fully saturated rings. The molecule has 2 aliphatic rings. The minimum absolute atomic E-state index is 0.0315. The Hall–Kier alpha value is -1.52. The van der Waals surface area contributed by atoms with Crippen molar-refractivity contribution in [1.82, 2.24) is 9.19 Å². The molecule has 98 valence electrons. The van der Waals surface area contributed by atoms with Crippen LogP contribution < -0.4 is 14.2 Å². The normalized spacial score (nSPS) is 18.2. The number of benzene rings is 1. The van der Waals surface area contributed by atoms with E-state index in [9.17, 15) is 0 Å². The summed E-state index contributed by atoms with van der Waals surface area (Å²) >= 11 is 0.0315. The van der Waals surface area contributed by atoms with Crippen molar-refractivity contribution in [2.45, 2.75) is 19.4 Å². The van der Waals surface area contributed by atoms with E-state index < -0.39 is 0 Å². The van der Waals surface area contributed by atoms with Gasteiger partial charge in [-0.1, -0.05) is 0 Å². The molecule has 0 unspecified atom stereocenters. The molecule has 0 N–H and O–H groups in total. The molecular formula is C13H12N2O3Se. The van der Waals surface area contributed by atoms with Gasteiger partial charge in [-0.3, -0.25) is 0 Å².